The van der Waals surface area contributed by atoms with E-state index in [0.717, 1.165) is 29.9 Å². The minimum atomic E-state index is 0.782. The monoisotopic (exact) mass is 250 g/mol. The zero-order chi connectivity index (χ0) is 12.1. The van der Waals surface area contributed by atoms with Gasteiger partial charge in [-0.2, -0.15) is 11.8 Å². The Morgan fingerprint density at radius 3 is 3.06 bits per heavy atom. The molecule has 0 bridgehead atoms. The molecule has 0 N–H and O–H groups in total. The molecule has 1 saturated heterocycles. The van der Waals surface area contributed by atoms with E-state index < -0.39 is 0 Å². The van der Waals surface area contributed by atoms with Crippen molar-refractivity contribution < 1.29 is 0 Å². The molecule has 0 amide bonds. The number of anilines is 1. The lowest BCUT2D eigenvalue weighted by Gasteiger charge is -2.25. The Hall–Kier alpha value is -0.700. The highest BCUT2D eigenvalue weighted by atomic mass is 32.2. The Kier molecular flexibility index (Phi) is 4.72. The topological polar surface area (TPSA) is 16.1 Å². The second-order valence-electron chi connectivity index (χ2n) is 4.66. The summed E-state index contributed by atoms with van der Waals surface area (Å²) in [4.78, 5) is 7.12. The lowest BCUT2D eigenvalue weighted by atomic mass is 10.2. The summed E-state index contributed by atoms with van der Waals surface area (Å²) in [6.07, 6.45) is 4.03. The summed E-state index contributed by atoms with van der Waals surface area (Å²) >= 11 is 2.10. The molecule has 94 valence electrons. The Morgan fingerprint density at radius 1 is 1.41 bits per heavy atom. The van der Waals surface area contributed by atoms with Gasteiger partial charge in [-0.25, -0.2) is 4.98 Å². The first kappa shape index (κ1) is 12.7. The fraction of sp³-hybridized carbons (Fsp3) is 0.643. The maximum absolute atomic E-state index is 4.65. The van der Waals surface area contributed by atoms with Crippen LogP contribution in [-0.4, -0.2) is 29.1 Å². The fourth-order valence-corrected chi connectivity index (χ4v) is 3.48. The quantitative estimate of drug-likeness (QED) is 0.817. The number of thioether (sulfide) groups is 1. The van der Waals surface area contributed by atoms with Gasteiger partial charge in [0.1, 0.15) is 5.82 Å². The molecule has 1 fully saturated rings. The van der Waals surface area contributed by atoms with E-state index in [1.807, 2.05) is 0 Å². The van der Waals surface area contributed by atoms with Crippen molar-refractivity contribution in [1.82, 2.24) is 4.98 Å². The molecule has 1 aliphatic rings. The SMILES string of the molecule is CCSC1CCCCN(c2cccc(C)n2)C1. The number of nitrogens with zero attached hydrogens (tertiary/aromatic N) is 2. The van der Waals surface area contributed by atoms with Crippen molar-refractivity contribution in [1.29, 1.82) is 0 Å². The lowest BCUT2D eigenvalue weighted by molar-refractivity contribution is 0.735. The Morgan fingerprint density at radius 2 is 2.29 bits per heavy atom. The smallest absolute Gasteiger partial charge is 0.128 e. The number of aryl methyl sites for hydroxylation is 1. The molecule has 2 nitrogen and oxygen atoms in total. The van der Waals surface area contributed by atoms with Crippen molar-refractivity contribution in [2.24, 2.45) is 0 Å². The predicted octanol–water partition coefficient (Wildman–Crippen LogP) is 3.50. The summed E-state index contributed by atoms with van der Waals surface area (Å²) in [5.41, 5.74) is 1.12. The molecule has 1 atom stereocenters. The van der Waals surface area contributed by atoms with Crippen LogP contribution in [0.2, 0.25) is 0 Å². The van der Waals surface area contributed by atoms with Gasteiger partial charge < -0.3 is 4.90 Å². The Labute approximate surface area is 109 Å². The number of rotatable bonds is 3. The van der Waals surface area contributed by atoms with Gasteiger partial charge in [-0.15, -0.1) is 0 Å². The summed E-state index contributed by atoms with van der Waals surface area (Å²) in [5, 5.41) is 0.782. The van der Waals surface area contributed by atoms with Crippen LogP contribution in [0.25, 0.3) is 0 Å². The second-order valence-corrected chi connectivity index (χ2v) is 6.23. The summed E-state index contributed by atoms with van der Waals surface area (Å²) in [7, 11) is 0. The molecule has 0 aromatic carbocycles. The minimum Gasteiger partial charge on any atom is -0.356 e. The van der Waals surface area contributed by atoms with Crippen LogP contribution < -0.4 is 4.90 Å². The van der Waals surface area contributed by atoms with Crippen LogP contribution >= 0.6 is 11.8 Å². The van der Waals surface area contributed by atoms with Crippen LogP contribution in [0, 0.1) is 6.92 Å². The number of hydrogen-bond donors (Lipinski definition) is 0. The molecule has 17 heavy (non-hydrogen) atoms. The van der Waals surface area contributed by atoms with E-state index in [2.05, 4.69) is 53.7 Å². The van der Waals surface area contributed by atoms with Gasteiger partial charge in [0.05, 0.1) is 0 Å². The Bertz CT molecular complexity index is 354. The summed E-state index contributed by atoms with van der Waals surface area (Å²) in [5.74, 6) is 2.38. The molecule has 1 aromatic rings. The van der Waals surface area contributed by atoms with Gasteiger partial charge in [0, 0.05) is 24.0 Å². The van der Waals surface area contributed by atoms with Crippen LogP contribution in [0.3, 0.4) is 0 Å². The highest BCUT2D eigenvalue weighted by molar-refractivity contribution is 7.99. The van der Waals surface area contributed by atoms with Crippen molar-refractivity contribution in [3.05, 3.63) is 23.9 Å². The average Bonchev–Trinajstić information content (AvgIpc) is 2.55. The lowest BCUT2D eigenvalue weighted by Crippen LogP contribution is -2.30. The molecule has 1 aliphatic heterocycles. The van der Waals surface area contributed by atoms with E-state index in [4.69, 9.17) is 0 Å². The van der Waals surface area contributed by atoms with Gasteiger partial charge in [0.15, 0.2) is 0 Å². The van der Waals surface area contributed by atoms with Gasteiger partial charge in [-0.3, -0.25) is 0 Å². The van der Waals surface area contributed by atoms with Gasteiger partial charge in [0.2, 0.25) is 0 Å². The highest BCUT2D eigenvalue weighted by Gasteiger charge is 2.18. The first-order valence-corrected chi connectivity index (χ1v) is 7.64. The molecule has 0 aliphatic carbocycles. The van der Waals surface area contributed by atoms with Crippen molar-refractivity contribution in [2.45, 2.75) is 38.4 Å². The molecule has 0 spiro atoms. The largest absolute Gasteiger partial charge is 0.356 e. The molecule has 0 radical (unpaired) electrons. The van der Waals surface area contributed by atoms with E-state index in [-0.39, 0.29) is 0 Å². The van der Waals surface area contributed by atoms with Crippen LogP contribution in [0.4, 0.5) is 5.82 Å². The van der Waals surface area contributed by atoms with E-state index in [9.17, 15) is 0 Å². The second kappa shape index (κ2) is 6.29. The maximum Gasteiger partial charge on any atom is 0.128 e. The van der Waals surface area contributed by atoms with E-state index >= 15 is 0 Å². The molecule has 0 saturated carbocycles. The number of aromatic nitrogens is 1. The molecule has 2 heterocycles. The zero-order valence-corrected chi connectivity index (χ0v) is 11.7. The molecule has 3 heteroatoms. The van der Waals surface area contributed by atoms with Crippen molar-refractivity contribution in [3.8, 4) is 0 Å². The Balaban J connectivity index is 2.08. The summed E-state index contributed by atoms with van der Waals surface area (Å²) < 4.78 is 0. The van der Waals surface area contributed by atoms with Gasteiger partial charge in [0.25, 0.3) is 0 Å². The number of pyridine rings is 1. The van der Waals surface area contributed by atoms with Gasteiger partial charge in [-0.05, 0) is 37.7 Å². The van der Waals surface area contributed by atoms with E-state index in [0.29, 0.717) is 0 Å². The third kappa shape index (κ3) is 3.63. The van der Waals surface area contributed by atoms with E-state index in [1.54, 1.807) is 0 Å². The first-order chi connectivity index (χ1) is 8.29. The predicted molar refractivity (Wildman–Crippen MR) is 77.0 cm³/mol. The summed E-state index contributed by atoms with van der Waals surface area (Å²) in [6.45, 7) is 6.65. The minimum absolute atomic E-state index is 0.782. The third-order valence-electron chi connectivity index (χ3n) is 3.23. The van der Waals surface area contributed by atoms with E-state index in [1.165, 1.54) is 25.0 Å². The fourth-order valence-electron chi connectivity index (χ4n) is 2.39. The maximum atomic E-state index is 4.65. The average molecular weight is 250 g/mol. The summed E-state index contributed by atoms with van der Waals surface area (Å²) in [6, 6.07) is 6.33. The standard InChI is InChI=1S/C14H22N2S/c1-3-17-13-8-4-5-10-16(11-13)14-9-6-7-12(2)15-14/h6-7,9,13H,3-5,8,10-11H2,1-2H3. The van der Waals surface area contributed by atoms with Crippen LogP contribution in [0.15, 0.2) is 18.2 Å². The van der Waals surface area contributed by atoms with Crippen molar-refractivity contribution in [3.63, 3.8) is 0 Å². The van der Waals surface area contributed by atoms with Crippen molar-refractivity contribution >= 4 is 17.6 Å². The zero-order valence-electron chi connectivity index (χ0n) is 10.9. The molecule has 2 rings (SSSR count). The number of hydrogen-bond acceptors (Lipinski definition) is 3. The molecule has 1 unspecified atom stereocenters. The molecule has 1 aromatic heterocycles. The van der Waals surface area contributed by atoms with Crippen molar-refractivity contribution in [2.75, 3.05) is 23.7 Å². The first-order valence-electron chi connectivity index (χ1n) is 6.60. The van der Waals surface area contributed by atoms with Crippen LogP contribution in [0.5, 0.6) is 0 Å². The van der Waals surface area contributed by atoms with Gasteiger partial charge >= 0.3 is 0 Å². The molecular weight excluding hydrogens is 228 g/mol. The highest BCUT2D eigenvalue weighted by Crippen LogP contribution is 2.24. The van der Waals surface area contributed by atoms with Crippen LogP contribution in [-0.2, 0) is 0 Å². The van der Waals surface area contributed by atoms with Gasteiger partial charge in [-0.1, -0.05) is 19.4 Å². The normalized spacial score (nSPS) is 21.3. The third-order valence-corrected chi connectivity index (χ3v) is 4.42. The van der Waals surface area contributed by atoms with Crippen LogP contribution in [0.1, 0.15) is 31.9 Å². The molecular formula is C14H22N2S.